The lowest BCUT2D eigenvalue weighted by Gasteiger charge is -2.36. The molecule has 1 aromatic heterocycles. The third kappa shape index (κ3) is 3.36. The molecule has 21 heavy (non-hydrogen) atoms. The molecule has 0 spiro atoms. The molecule has 2 saturated heterocycles. The Balaban J connectivity index is 1.83. The summed E-state index contributed by atoms with van der Waals surface area (Å²) < 4.78 is 0. The Labute approximate surface area is 127 Å². The summed E-state index contributed by atoms with van der Waals surface area (Å²) in [7, 11) is 2.18. The van der Waals surface area contributed by atoms with Gasteiger partial charge in [0.05, 0.1) is 0 Å². The zero-order valence-corrected chi connectivity index (χ0v) is 13.1. The number of likely N-dealkylation sites (N-methyl/N-ethyl adjacent to an activating group) is 1. The maximum Gasteiger partial charge on any atom is 0.132 e. The standard InChI is InChI=1S/C16H26N4O/c1-13-3-4-15(14-5-7-20(21)8-6-14)16(17-13)19-11-9-18(2)10-12-19/h3-4,14,21H,5-12H2,1-2H3. The SMILES string of the molecule is Cc1ccc(C2CCN(O)CC2)c(N2CCN(C)CC2)n1. The highest BCUT2D eigenvalue weighted by Crippen LogP contribution is 2.33. The monoisotopic (exact) mass is 290 g/mol. The lowest BCUT2D eigenvalue weighted by molar-refractivity contribution is -0.106. The third-order valence-electron chi connectivity index (χ3n) is 4.76. The topological polar surface area (TPSA) is 42.8 Å². The van der Waals surface area contributed by atoms with Crippen LogP contribution in [-0.4, -0.2) is 66.5 Å². The first-order valence-electron chi connectivity index (χ1n) is 7.98. The molecule has 3 rings (SSSR count). The van der Waals surface area contributed by atoms with Crippen molar-refractivity contribution in [2.45, 2.75) is 25.7 Å². The van der Waals surface area contributed by atoms with Crippen LogP contribution in [0, 0.1) is 6.92 Å². The van der Waals surface area contributed by atoms with E-state index in [0.717, 1.165) is 57.8 Å². The molecule has 116 valence electrons. The number of rotatable bonds is 2. The number of anilines is 1. The normalized spacial score (nSPS) is 22.7. The number of piperazine rings is 1. The van der Waals surface area contributed by atoms with E-state index in [4.69, 9.17) is 4.98 Å². The van der Waals surface area contributed by atoms with Crippen molar-refractivity contribution in [2.24, 2.45) is 0 Å². The lowest BCUT2D eigenvalue weighted by atomic mass is 9.90. The molecule has 2 fully saturated rings. The minimum Gasteiger partial charge on any atom is -0.354 e. The molecule has 0 aliphatic carbocycles. The second kappa shape index (κ2) is 6.30. The average molecular weight is 290 g/mol. The number of aryl methyl sites for hydroxylation is 1. The van der Waals surface area contributed by atoms with Crippen molar-refractivity contribution < 1.29 is 5.21 Å². The van der Waals surface area contributed by atoms with Gasteiger partial charge in [0.25, 0.3) is 0 Å². The molecule has 2 aliphatic rings. The molecule has 0 saturated carbocycles. The number of piperidine rings is 1. The number of hydrogen-bond donors (Lipinski definition) is 1. The van der Waals surface area contributed by atoms with Crippen LogP contribution in [0.3, 0.4) is 0 Å². The highest BCUT2D eigenvalue weighted by Gasteiger charge is 2.25. The lowest BCUT2D eigenvalue weighted by Crippen LogP contribution is -2.45. The first kappa shape index (κ1) is 14.8. The van der Waals surface area contributed by atoms with E-state index < -0.39 is 0 Å². The van der Waals surface area contributed by atoms with Gasteiger partial charge >= 0.3 is 0 Å². The number of pyridine rings is 1. The van der Waals surface area contributed by atoms with Crippen LogP contribution in [0.15, 0.2) is 12.1 Å². The second-order valence-electron chi connectivity index (χ2n) is 6.38. The maximum atomic E-state index is 9.57. The molecule has 0 amide bonds. The minimum absolute atomic E-state index is 0.524. The van der Waals surface area contributed by atoms with Crippen molar-refractivity contribution in [1.82, 2.24) is 14.9 Å². The molecule has 1 N–H and O–H groups in total. The second-order valence-corrected chi connectivity index (χ2v) is 6.38. The van der Waals surface area contributed by atoms with E-state index in [-0.39, 0.29) is 0 Å². The van der Waals surface area contributed by atoms with Gasteiger partial charge in [-0.15, -0.1) is 0 Å². The summed E-state index contributed by atoms with van der Waals surface area (Å²) in [5.74, 6) is 1.70. The van der Waals surface area contributed by atoms with Gasteiger partial charge in [0.1, 0.15) is 5.82 Å². The van der Waals surface area contributed by atoms with Crippen LogP contribution in [0.4, 0.5) is 5.82 Å². The van der Waals surface area contributed by atoms with E-state index in [1.165, 1.54) is 16.4 Å². The molecule has 0 unspecified atom stereocenters. The van der Waals surface area contributed by atoms with E-state index in [9.17, 15) is 5.21 Å². The van der Waals surface area contributed by atoms with Crippen molar-refractivity contribution in [2.75, 3.05) is 51.2 Å². The average Bonchev–Trinajstić information content (AvgIpc) is 2.49. The minimum atomic E-state index is 0.524. The van der Waals surface area contributed by atoms with Gasteiger partial charge < -0.3 is 15.0 Å². The summed E-state index contributed by atoms with van der Waals surface area (Å²) in [6.07, 6.45) is 2.03. The predicted octanol–water partition coefficient (Wildman–Crippen LogP) is 1.71. The quantitative estimate of drug-likeness (QED) is 0.898. The van der Waals surface area contributed by atoms with E-state index in [0.29, 0.717) is 5.92 Å². The number of hydrogen-bond acceptors (Lipinski definition) is 5. The van der Waals surface area contributed by atoms with Gasteiger partial charge in [0.2, 0.25) is 0 Å². The van der Waals surface area contributed by atoms with Crippen LogP contribution in [0.5, 0.6) is 0 Å². The van der Waals surface area contributed by atoms with Gasteiger partial charge in [0, 0.05) is 45.0 Å². The Hall–Kier alpha value is -1.17. The molecule has 0 bridgehead atoms. The molecule has 5 nitrogen and oxygen atoms in total. The first-order valence-corrected chi connectivity index (χ1v) is 7.98. The van der Waals surface area contributed by atoms with Crippen LogP contribution in [-0.2, 0) is 0 Å². The zero-order chi connectivity index (χ0) is 14.8. The molecule has 0 aromatic carbocycles. The summed E-state index contributed by atoms with van der Waals surface area (Å²) in [5.41, 5.74) is 2.46. The molecule has 1 aromatic rings. The van der Waals surface area contributed by atoms with Crippen molar-refractivity contribution in [3.8, 4) is 0 Å². The van der Waals surface area contributed by atoms with Gasteiger partial charge in [-0.25, -0.2) is 4.98 Å². The maximum absolute atomic E-state index is 9.57. The fourth-order valence-corrected chi connectivity index (χ4v) is 3.32. The predicted molar refractivity (Wildman–Crippen MR) is 84.0 cm³/mol. The Kier molecular flexibility index (Phi) is 4.42. The summed E-state index contributed by atoms with van der Waals surface area (Å²) in [5, 5.41) is 11.0. The zero-order valence-electron chi connectivity index (χ0n) is 13.1. The van der Waals surface area contributed by atoms with E-state index in [1.807, 2.05) is 0 Å². The Bertz CT molecular complexity index is 477. The third-order valence-corrected chi connectivity index (χ3v) is 4.76. The van der Waals surface area contributed by atoms with Crippen molar-refractivity contribution >= 4 is 5.82 Å². The number of nitrogens with zero attached hydrogens (tertiary/aromatic N) is 4. The molecule has 0 radical (unpaired) electrons. The molecule has 2 aliphatic heterocycles. The molecule has 0 atom stereocenters. The van der Waals surface area contributed by atoms with Gasteiger partial charge in [-0.1, -0.05) is 6.07 Å². The summed E-state index contributed by atoms with van der Waals surface area (Å²) in [4.78, 5) is 9.66. The first-order chi connectivity index (χ1) is 10.1. The summed E-state index contributed by atoms with van der Waals surface area (Å²) >= 11 is 0. The fraction of sp³-hybridized carbons (Fsp3) is 0.688. The van der Waals surface area contributed by atoms with Crippen molar-refractivity contribution in [3.63, 3.8) is 0 Å². The van der Waals surface area contributed by atoms with E-state index >= 15 is 0 Å². The smallest absolute Gasteiger partial charge is 0.132 e. The van der Waals surface area contributed by atoms with Gasteiger partial charge in [0.15, 0.2) is 0 Å². The van der Waals surface area contributed by atoms with Gasteiger partial charge in [-0.3, -0.25) is 0 Å². The summed E-state index contributed by atoms with van der Waals surface area (Å²) in [6, 6.07) is 4.38. The highest BCUT2D eigenvalue weighted by atomic mass is 16.5. The van der Waals surface area contributed by atoms with Crippen molar-refractivity contribution in [1.29, 1.82) is 0 Å². The van der Waals surface area contributed by atoms with Gasteiger partial charge in [-0.05, 0) is 44.4 Å². The number of hydroxylamine groups is 2. The van der Waals surface area contributed by atoms with Crippen LogP contribution in [0.2, 0.25) is 0 Å². The van der Waals surface area contributed by atoms with Crippen LogP contribution < -0.4 is 4.90 Å². The van der Waals surface area contributed by atoms with Crippen LogP contribution >= 0.6 is 0 Å². The molecular formula is C16H26N4O. The van der Waals surface area contributed by atoms with Gasteiger partial charge in [-0.2, -0.15) is 5.06 Å². The van der Waals surface area contributed by atoms with Crippen LogP contribution in [0.25, 0.3) is 0 Å². The largest absolute Gasteiger partial charge is 0.354 e. The Morgan fingerprint density at radius 1 is 1.05 bits per heavy atom. The fourth-order valence-electron chi connectivity index (χ4n) is 3.32. The highest BCUT2D eigenvalue weighted by molar-refractivity contribution is 5.50. The van der Waals surface area contributed by atoms with Crippen molar-refractivity contribution in [3.05, 3.63) is 23.4 Å². The van der Waals surface area contributed by atoms with Crippen LogP contribution in [0.1, 0.15) is 30.0 Å². The number of aromatic nitrogens is 1. The van der Waals surface area contributed by atoms with E-state index in [2.05, 4.69) is 35.9 Å². The Morgan fingerprint density at radius 3 is 2.38 bits per heavy atom. The molecular weight excluding hydrogens is 264 g/mol. The Morgan fingerprint density at radius 2 is 1.71 bits per heavy atom. The summed E-state index contributed by atoms with van der Waals surface area (Å²) in [6.45, 7) is 7.91. The van der Waals surface area contributed by atoms with E-state index in [1.54, 1.807) is 0 Å². The molecule has 5 heteroatoms. The molecule has 3 heterocycles.